The maximum Gasteiger partial charge on any atom is 0.0374 e. The van der Waals surface area contributed by atoms with Crippen LogP contribution in [0.4, 0.5) is 5.69 Å². The molecule has 0 bridgehead atoms. The van der Waals surface area contributed by atoms with E-state index in [9.17, 15) is 0 Å². The summed E-state index contributed by atoms with van der Waals surface area (Å²) in [6.45, 7) is 4.87. The standard InChI is InChI=1S/C18H27N/c1-13-9-14(2)11-15(10-13)12-17-8-7-16-5-3-4-6-18(16)19-17/h3-6,13-15,17,19H,7-12H2,1-2H3. The van der Waals surface area contributed by atoms with E-state index in [0.717, 1.165) is 17.8 Å². The average molecular weight is 257 g/mol. The van der Waals surface area contributed by atoms with Crippen molar-refractivity contribution in [3.8, 4) is 0 Å². The molecule has 1 saturated carbocycles. The van der Waals surface area contributed by atoms with Gasteiger partial charge in [0, 0.05) is 11.7 Å². The number of anilines is 1. The molecule has 3 rings (SSSR count). The number of para-hydroxylation sites is 1. The van der Waals surface area contributed by atoms with Gasteiger partial charge in [-0.2, -0.15) is 0 Å². The first-order chi connectivity index (χ1) is 9.20. The number of rotatable bonds is 2. The van der Waals surface area contributed by atoms with E-state index >= 15 is 0 Å². The first kappa shape index (κ1) is 13.0. The molecule has 2 aliphatic rings. The second-order valence-corrected chi connectivity index (χ2v) is 7.06. The van der Waals surface area contributed by atoms with Crippen LogP contribution in [-0.4, -0.2) is 6.04 Å². The van der Waals surface area contributed by atoms with Crippen LogP contribution in [0.2, 0.25) is 0 Å². The summed E-state index contributed by atoms with van der Waals surface area (Å²) in [5, 5.41) is 3.77. The minimum absolute atomic E-state index is 0.706. The monoisotopic (exact) mass is 257 g/mol. The quantitative estimate of drug-likeness (QED) is 0.796. The molecule has 1 heteroatoms. The molecular weight excluding hydrogens is 230 g/mol. The van der Waals surface area contributed by atoms with Crippen molar-refractivity contribution in [3.63, 3.8) is 0 Å². The Morgan fingerprint density at radius 1 is 1.05 bits per heavy atom. The Hall–Kier alpha value is -0.980. The van der Waals surface area contributed by atoms with Crippen LogP contribution in [0.15, 0.2) is 24.3 Å². The molecule has 0 aromatic heterocycles. The van der Waals surface area contributed by atoms with Crippen molar-refractivity contribution in [2.24, 2.45) is 17.8 Å². The van der Waals surface area contributed by atoms with Gasteiger partial charge in [-0.25, -0.2) is 0 Å². The Morgan fingerprint density at radius 3 is 2.58 bits per heavy atom. The Balaban J connectivity index is 1.60. The van der Waals surface area contributed by atoms with Crippen molar-refractivity contribution in [1.29, 1.82) is 0 Å². The van der Waals surface area contributed by atoms with Gasteiger partial charge in [-0.05, 0) is 67.9 Å². The summed E-state index contributed by atoms with van der Waals surface area (Å²) < 4.78 is 0. The first-order valence-electron chi connectivity index (χ1n) is 8.05. The second-order valence-electron chi connectivity index (χ2n) is 7.06. The highest BCUT2D eigenvalue weighted by atomic mass is 14.9. The minimum Gasteiger partial charge on any atom is -0.382 e. The summed E-state index contributed by atoms with van der Waals surface area (Å²) in [6.07, 6.45) is 8.29. The Morgan fingerprint density at radius 2 is 1.79 bits per heavy atom. The molecule has 104 valence electrons. The maximum absolute atomic E-state index is 3.77. The highest BCUT2D eigenvalue weighted by Crippen LogP contribution is 2.37. The zero-order chi connectivity index (χ0) is 13.2. The molecule has 0 spiro atoms. The molecule has 1 N–H and O–H groups in total. The second kappa shape index (κ2) is 5.56. The molecule has 3 atom stereocenters. The third kappa shape index (κ3) is 3.13. The van der Waals surface area contributed by atoms with E-state index in [4.69, 9.17) is 0 Å². The summed E-state index contributed by atoms with van der Waals surface area (Å²) in [7, 11) is 0. The van der Waals surface area contributed by atoms with Crippen LogP contribution >= 0.6 is 0 Å². The van der Waals surface area contributed by atoms with Gasteiger partial charge >= 0.3 is 0 Å². The fourth-order valence-electron chi connectivity index (χ4n) is 4.39. The number of nitrogens with one attached hydrogen (secondary N) is 1. The molecule has 3 unspecified atom stereocenters. The van der Waals surface area contributed by atoms with Gasteiger partial charge in [0.15, 0.2) is 0 Å². The van der Waals surface area contributed by atoms with E-state index in [1.807, 2.05) is 0 Å². The predicted octanol–water partition coefficient (Wildman–Crippen LogP) is 4.88. The number of fused-ring (bicyclic) bond motifs is 1. The average Bonchev–Trinajstić information content (AvgIpc) is 2.37. The van der Waals surface area contributed by atoms with Crippen molar-refractivity contribution in [3.05, 3.63) is 29.8 Å². The van der Waals surface area contributed by atoms with Gasteiger partial charge < -0.3 is 5.32 Å². The zero-order valence-electron chi connectivity index (χ0n) is 12.4. The topological polar surface area (TPSA) is 12.0 Å². The van der Waals surface area contributed by atoms with Gasteiger partial charge in [0.25, 0.3) is 0 Å². The van der Waals surface area contributed by atoms with E-state index in [0.29, 0.717) is 6.04 Å². The lowest BCUT2D eigenvalue weighted by atomic mass is 9.74. The summed E-state index contributed by atoms with van der Waals surface area (Å²) >= 11 is 0. The van der Waals surface area contributed by atoms with Crippen LogP contribution in [0.5, 0.6) is 0 Å². The van der Waals surface area contributed by atoms with Crippen molar-refractivity contribution in [2.75, 3.05) is 5.32 Å². The number of aryl methyl sites for hydroxylation is 1. The molecule has 1 aromatic carbocycles. The van der Waals surface area contributed by atoms with Crippen molar-refractivity contribution < 1.29 is 0 Å². The smallest absolute Gasteiger partial charge is 0.0374 e. The van der Waals surface area contributed by atoms with Gasteiger partial charge in [-0.3, -0.25) is 0 Å². The van der Waals surface area contributed by atoms with Crippen LogP contribution < -0.4 is 5.32 Å². The Bertz CT molecular complexity index is 415. The minimum atomic E-state index is 0.706. The van der Waals surface area contributed by atoms with Crippen LogP contribution in [0.25, 0.3) is 0 Å². The van der Waals surface area contributed by atoms with Gasteiger partial charge in [0.2, 0.25) is 0 Å². The Labute approximate surface area is 117 Å². The molecule has 1 heterocycles. The van der Waals surface area contributed by atoms with E-state index in [1.54, 1.807) is 0 Å². The lowest BCUT2D eigenvalue weighted by molar-refractivity contribution is 0.202. The summed E-state index contributed by atoms with van der Waals surface area (Å²) in [5.41, 5.74) is 2.89. The van der Waals surface area contributed by atoms with E-state index < -0.39 is 0 Å². The fourth-order valence-corrected chi connectivity index (χ4v) is 4.39. The molecule has 1 nitrogen and oxygen atoms in total. The normalized spacial score (nSPS) is 34.4. The van der Waals surface area contributed by atoms with Crippen LogP contribution in [0, 0.1) is 17.8 Å². The number of hydrogen-bond donors (Lipinski definition) is 1. The van der Waals surface area contributed by atoms with E-state index in [-0.39, 0.29) is 0 Å². The molecule has 0 radical (unpaired) electrons. The molecule has 1 aliphatic heterocycles. The molecule has 1 fully saturated rings. The Kier molecular flexibility index (Phi) is 3.81. The van der Waals surface area contributed by atoms with Gasteiger partial charge in [-0.1, -0.05) is 32.0 Å². The van der Waals surface area contributed by atoms with Crippen molar-refractivity contribution >= 4 is 5.69 Å². The van der Waals surface area contributed by atoms with Crippen LogP contribution in [0.1, 0.15) is 51.5 Å². The molecule has 1 aliphatic carbocycles. The van der Waals surface area contributed by atoms with Crippen LogP contribution in [0.3, 0.4) is 0 Å². The van der Waals surface area contributed by atoms with E-state index in [1.165, 1.54) is 49.8 Å². The van der Waals surface area contributed by atoms with Crippen molar-refractivity contribution in [1.82, 2.24) is 0 Å². The molecule has 0 saturated heterocycles. The number of benzene rings is 1. The van der Waals surface area contributed by atoms with Crippen molar-refractivity contribution in [2.45, 2.75) is 58.4 Å². The van der Waals surface area contributed by atoms with E-state index in [2.05, 4.69) is 43.4 Å². The fraction of sp³-hybridized carbons (Fsp3) is 0.667. The molecule has 0 amide bonds. The largest absolute Gasteiger partial charge is 0.382 e. The molecule has 1 aromatic rings. The highest BCUT2D eigenvalue weighted by Gasteiger charge is 2.27. The predicted molar refractivity (Wildman–Crippen MR) is 82.5 cm³/mol. The third-order valence-electron chi connectivity index (χ3n) is 5.03. The van der Waals surface area contributed by atoms with Crippen LogP contribution in [-0.2, 0) is 6.42 Å². The summed E-state index contributed by atoms with van der Waals surface area (Å²) in [4.78, 5) is 0. The van der Waals surface area contributed by atoms with Gasteiger partial charge in [-0.15, -0.1) is 0 Å². The lowest BCUT2D eigenvalue weighted by Crippen LogP contribution is -2.30. The summed E-state index contributed by atoms with van der Waals surface area (Å²) in [5.74, 6) is 2.82. The van der Waals surface area contributed by atoms with Gasteiger partial charge in [0.05, 0.1) is 0 Å². The lowest BCUT2D eigenvalue weighted by Gasteiger charge is -2.35. The number of hydrogen-bond acceptors (Lipinski definition) is 1. The zero-order valence-corrected chi connectivity index (χ0v) is 12.4. The van der Waals surface area contributed by atoms with Gasteiger partial charge in [0.1, 0.15) is 0 Å². The molecular formula is C18H27N. The maximum atomic E-state index is 3.77. The third-order valence-corrected chi connectivity index (χ3v) is 5.03. The first-order valence-corrected chi connectivity index (χ1v) is 8.05. The SMILES string of the molecule is CC1CC(C)CC(CC2CCc3ccccc3N2)C1. The molecule has 19 heavy (non-hydrogen) atoms. The highest BCUT2D eigenvalue weighted by molar-refractivity contribution is 5.53. The summed E-state index contributed by atoms with van der Waals surface area (Å²) in [6, 6.07) is 9.53.